The lowest BCUT2D eigenvalue weighted by molar-refractivity contribution is 0.195. The van der Waals surface area contributed by atoms with E-state index in [0.29, 0.717) is 6.54 Å². The fourth-order valence-corrected chi connectivity index (χ4v) is 4.70. The van der Waals surface area contributed by atoms with Crippen LogP contribution in [0.15, 0.2) is 9.63 Å². The van der Waals surface area contributed by atoms with Crippen molar-refractivity contribution in [2.45, 2.75) is 24.3 Å². The van der Waals surface area contributed by atoms with Crippen molar-refractivity contribution in [2.75, 3.05) is 13.2 Å². The van der Waals surface area contributed by atoms with E-state index in [1.807, 2.05) is 0 Å². The minimum Gasteiger partial charge on any atom is -0.396 e. The molecular weight excluding hydrogens is 336 g/mol. The summed E-state index contributed by atoms with van der Waals surface area (Å²) in [5, 5.41) is 16.6. The van der Waals surface area contributed by atoms with Crippen LogP contribution in [-0.4, -0.2) is 41.7 Å². The van der Waals surface area contributed by atoms with E-state index in [-0.39, 0.29) is 28.1 Å². The number of aryl methyl sites for hydroxylation is 1. The van der Waals surface area contributed by atoms with Gasteiger partial charge in [0, 0.05) is 20.2 Å². The number of aliphatic hydroxyl groups is 1. The Morgan fingerprint density at radius 3 is 2.74 bits per heavy atom. The minimum absolute atomic E-state index is 0.0195. The zero-order chi connectivity index (χ0) is 14.0. The minimum atomic E-state index is -3.64. The summed E-state index contributed by atoms with van der Waals surface area (Å²) < 4.78 is 28.4. The average Bonchev–Trinajstić information content (AvgIpc) is 2.93. The maximum absolute atomic E-state index is 12.2. The van der Waals surface area contributed by atoms with Crippen LogP contribution in [0.2, 0.25) is 0 Å². The molecule has 1 aliphatic rings. The van der Waals surface area contributed by atoms with Crippen LogP contribution in [0.4, 0.5) is 0 Å². The Morgan fingerprint density at radius 2 is 2.16 bits per heavy atom. The molecule has 0 radical (unpaired) electrons. The molecule has 1 fully saturated rings. The van der Waals surface area contributed by atoms with Crippen molar-refractivity contribution in [1.82, 2.24) is 19.7 Å². The molecule has 0 amide bonds. The van der Waals surface area contributed by atoms with Crippen LogP contribution >= 0.6 is 15.9 Å². The Bertz CT molecular complexity index is 525. The second-order valence-electron chi connectivity index (χ2n) is 4.79. The maximum Gasteiger partial charge on any atom is 0.260 e. The van der Waals surface area contributed by atoms with Gasteiger partial charge < -0.3 is 5.11 Å². The Labute approximate surface area is 120 Å². The summed E-state index contributed by atoms with van der Waals surface area (Å²) in [5.41, 5.74) is 0. The smallest absolute Gasteiger partial charge is 0.260 e. The van der Waals surface area contributed by atoms with Crippen LogP contribution in [0, 0.1) is 11.8 Å². The standard InChI is InChI=1S/C10H17BrN4O3S/c1-15-10(9(11)13-14-15)19(17,18)12-5-7-3-2-4-8(7)6-16/h7-8,12,16H,2-6H2,1H3. The highest BCUT2D eigenvalue weighted by Gasteiger charge is 2.30. The van der Waals surface area contributed by atoms with E-state index in [0.717, 1.165) is 19.3 Å². The van der Waals surface area contributed by atoms with Gasteiger partial charge in [0.15, 0.2) is 4.60 Å². The highest BCUT2D eigenvalue weighted by molar-refractivity contribution is 9.10. The summed E-state index contributed by atoms with van der Waals surface area (Å²) in [6.45, 7) is 0.453. The molecule has 9 heteroatoms. The van der Waals surface area contributed by atoms with Gasteiger partial charge in [-0.2, -0.15) is 0 Å². The van der Waals surface area contributed by atoms with Crippen molar-refractivity contribution in [3.8, 4) is 0 Å². The molecule has 2 atom stereocenters. The van der Waals surface area contributed by atoms with Crippen LogP contribution in [0.1, 0.15) is 19.3 Å². The van der Waals surface area contributed by atoms with Crippen LogP contribution in [0.25, 0.3) is 0 Å². The number of hydrogen-bond acceptors (Lipinski definition) is 5. The molecule has 1 aromatic rings. The van der Waals surface area contributed by atoms with E-state index in [9.17, 15) is 13.5 Å². The molecule has 1 aliphatic carbocycles. The molecule has 19 heavy (non-hydrogen) atoms. The number of aliphatic hydroxyl groups excluding tert-OH is 1. The van der Waals surface area contributed by atoms with E-state index in [4.69, 9.17) is 0 Å². The molecule has 2 unspecified atom stereocenters. The van der Waals surface area contributed by atoms with Crippen LogP contribution in [-0.2, 0) is 17.1 Å². The highest BCUT2D eigenvalue weighted by atomic mass is 79.9. The number of hydrogen-bond donors (Lipinski definition) is 2. The molecule has 2 rings (SSSR count). The first kappa shape index (κ1) is 14.9. The summed E-state index contributed by atoms with van der Waals surface area (Å²) in [6.07, 6.45) is 2.94. The van der Waals surface area contributed by atoms with Crippen LogP contribution in [0.3, 0.4) is 0 Å². The monoisotopic (exact) mass is 352 g/mol. The fraction of sp³-hybridized carbons (Fsp3) is 0.800. The van der Waals surface area contributed by atoms with Gasteiger partial charge in [-0.15, -0.1) is 5.10 Å². The molecule has 0 aromatic carbocycles. The molecule has 0 bridgehead atoms. The van der Waals surface area contributed by atoms with E-state index in [1.165, 1.54) is 11.7 Å². The van der Waals surface area contributed by atoms with Crippen molar-refractivity contribution >= 4 is 26.0 Å². The van der Waals surface area contributed by atoms with Gasteiger partial charge in [-0.3, -0.25) is 0 Å². The Hall–Kier alpha value is -0.510. The number of halogens is 1. The fourth-order valence-electron chi connectivity index (χ4n) is 2.52. The van der Waals surface area contributed by atoms with E-state index >= 15 is 0 Å². The molecular formula is C10H17BrN4O3S. The highest BCUT2D eigenvalue weighted by Crippen LogP contribution is 2.31. The first-order valence-electron chi connectivity index (χ1n) is 6.11. The number of rotatable bonds is 5. The quantitative estimate of drug-likeness (QED) is 0.792. The van der Waals surface area contributed by atoms with Gasteiger partial charge in [-0.1, -0.05) is 11.6 Å². The SMILES string of the molecule is Cn1nnc(Br)c1S(=O)(=O)NCC1CCCC1CO. The van der Waals surface area contributed by atoms with E-state index < -0.39 is 10.0 Å². The van der Waals surface area contributed by atoms with Gasteiger partial charge in [0.1, 0.15) is 0 Å². The van der Waals surface area contributed by atoms with Crippen molar-refractivity contribution in [2.24, 2.45) is 18.9 Å². The third-order valence-corrected chi connectivity index (χ3v) is 5.89. The lowest BCUT2D eigenvalue weighted by Crippen LogP contribution is -2.33. The predicted molar refractivity (Wildman–Crippen MR) is 71.8 cm³/mol. The molecule has 108 valence electrons. The van der Waals surface area contributed by atoms with E-state index in [2.05, 4.69) is 31.0 Å². The average molecular weight is 353 g/mol. The first-order valence-corrected chi connectivity index (χ1v) is 8.39. The normalized spacial score (nSPS) is 23.9. The summed E-state index contributed by atoms with van der Waals surface area (Å²) in [4.78, 5) is 0. The lowest BCUT2D eigenvalue weighted by Gasteiger charge is -2.17. The summed E-state index contributed by atoms with van der Waals surface area (Å²) >= 11 is 3.08. The molecule has 1 heterocycles. The summed E-state index contributed by atoms with van der Waals surface area (Å²) in [6, 6.07) is 0. The van der Waals surface area contributed by atoms with Gasteiger partial charge in [-0.05, 0) is 40.6 Å². The van der Waals surface area contributed by atoms with Crippen molar-refractivity contribution in [1.29, 1.82) is 0 Å². The molecule has 0 spiro atoms. The van der Waals surface area contributed by atoms with E-state index in [1.54, 1.807) is 0 Å². The predicted octanol–water partition coefficient (Wildman–Crippen LogP) is 0.264. The largest absolute Gasteiger partial charge is 0.396 e. The second kappa shape index (κ2) is 5.86. The van der Waals surface area contributed by atoms with Crippen molar-refractivity contribution < 1.29 is 13.5 Å². The zero-order valence-electron chi connectivity index (χ0n) is 10.6. The summed E-state index contributed by atoms with van der Waals surface area (Å²) in [5.74, 6) is 0.385. The molecule has 0 aliphatic heterocycles. The van der Waals surface area contributed by atoms with Gasteiger partial charge in [0.2, 0.25) is 5.03 Å². The maximum atomic E-state index is 12.2. The Balaban J connectivity index is 2.06. The molecule has 2 N–H and O–H groups in total. The Kier molecular flexibility index (Phi) is 4.59. The Morgan fingerprint density at radius 1 is 1.47 bits per heavy atom. The summed E-state index contributed by atoms with van der Waals surface area (Å²) in [7, 11) is -2.11. The second-order valence-corrected chi connectivity index (χ2v) is 7.23. The van der Waals surface area contributed by atoms with Gasteiger partial charge >= 0.3 is 0 Å². The lowest BCUT2D eigenvalue weighted by atomic mass is 9.97. The van der Waals surface area contributed by atoms with Gasteiger partial charge in [0.25, 0.3) is 10.0 Å². The zero-order valence-corrected chi connectivity index (χ0v) is 13.0. The molecule has 7 nitrogen and oxygen atoms in total. The number of aromatic nitrogens is 3. The van der Waals surface area contributed by atoms with Crippen molar-refractivity contribution in [3.05, 3.63) is 4.60 Å². The van der Waals surface area contributed by atoms with Gasteiger partial charge in [0.05, 0.1) is 0 Å². The molecule has 0 saturated heterocycles. The van der Waals surface area contributed by atoms with Crippen LogP contribution < -0.4 is 4.72 Å². The molecule has 1 saturated carbocycles. The number of sulfonamides is 1. The van der Waals surface area contributed by atoms with Crippen molar-refractivity contribution in [3.63, 3.8) is 0 Å². The topological polar surface area (TPSA) is 97.1 Å². The van der Waals surface area contributed by atoms with Crippen LogP contribution in [0.5, 0.6) is 0 Å². The third-order valence-electron chi connectivity index (χ3n) is 3.58. The third kappa shape index (κ3) is 3.15. The number of nitrogens with zero attached hydrogens (tertiary/aromatic N) is 3. The first-order chi connectivity index (χ1) is 8.95. The number of nitrogens with one attached hydrogen (secondary N) is 1. The van der Waals surface area contributed by atoms with Gasteiger partial charge in [-0.25, -0.2) is 17.8 Å². The molecule has 1 aromatic heterocycles.